The number of hydrogen-bond donors (Lipinski definition) is 0. The zero-order chi connectivity index (χ0) is 19.9. The Morgan fingerprint density at radius 3 is 2.28 bits per heavy atom. The van der Waals surface area contributed by atoms with Gasteiger partial charge in [-0.15, -0.1) is 0 Å². The number of rotatable bonds is 1. The molecule has 0 aromatic rings. The second-order valence-electron chi connectivity index (χ2n) is 11.4. The third kappa shape index (κ3) is 2.58. The average Bonchev–Trinajstić information content (AvgIpc) is 3.42. The van der Waals surface area contributed by atoms with Gasteiger partial charge in [0.15, 0.2) is 11.6 Å². The molecule has 3 saturated carbocycles. The van der Waals surface area contributed by atoms with Crippen LogP contribution in [0.5, 0.6) is 0 Å². The maximum Gasteiger partial charge on any atom is 0.172 e. The van der Waals surface area contributed by atoms with Crippen LogP contribution in [0.15, 0.2) is 11.6 Å². The van der Waals surface area contributed by atoms with E-state index in [0.717, 1.165) is 57.0 Å². The van der Waals surface area contributed by atoms with Crippen molar-refractivity contribution in [2.75, 3.05) is 26.4 Å². The first-order chi connectivity index (χ1) is 13.9. The minimum atomic E-state index is -0.357. The Morgan fingerprint density at radius 1 is 0.793 bits per heavy atom. The summed E-state index contributed by atoms with van der Waals surface area (Å²) in [6.45, 7) is 10.4. The van der Waals surface area contributed by atoms with Gasteiger partial charge in [-0.05, 0) is 74.0 Å². The van der Waals surface area contributed by atoms with E-state index in [1.165, 1.54) is 38.5 Å². The molecule has 2 saturated heterocycles. The number of hydrogen-bond acceptors (Lipinski definition) is 4. The molecule has 6 rings (SSSR count). The summed E-state index contributed by atoms with van der Waals surface area (Å²) in [5.41, 5.74) is 2.34. The summed E-state index contributed by atoms with van der Waals surface area (Å²) in [6, 6.07) is 0. The molecule has 0 aromatic carbocycles. The highest BCUT2D eigenvalue weighted by Gasteiger charge is 2.63. The van der Waals surface area contributed by atoms with Crippen LogP contribution in [0.2, 0.25) is 0 Å². The van der Waals surface area contributed by atoms with Gasteiger partial charge in [-0.2, -0.15) is 0 Å². The smallest absolute Gasteiger partial charge is 0.172 e. The van der Waals surface area contributed by atoms with Crippen molar-refractivity contribution in [3.63, 3.8) is 0 Å². The van der Waals surface area contributed by atoms with E-state index in [-0.39, 0.29) is 11.6 Å². The highest BCUT2D eigenvalue weighted by Crippen LogP contribution is 2.68. The van der Waals surface area contributed by atoms with Gasteiger partial charge >= 0.3 is 0 Å². The molecular weight excluding hydrogens is 364 g/mol. The van der Waals surface area contributed by atoms with Crippen molar-refractivity contribution in [3.05, 3.63) is 11.6 Å². The zero-order valence-electron chi connectivity index (χ0n) is 18.5. The first-order valence-corrected chi connectivity index (χ1v) is 12.1. The standard InChI is InChI=1S/C25H38O4/c1-22-10-11-25(28-14-15-29-25)16-17(22)4-5-18-19-6-7-21(24(3)26-12-13-27-24)23(19,2)9-8-20(18)22/h4,18-21H,5-16H2,1-3H3/t18-,19-,20+,21-,22+,23?/m0/s1. The third-order valence-electron chi connectivity index (χ3n) is 10.4. The summed E-state index contributed by atoms with van der Waals surface area (Å²) in [5, 5.41) is 0. The normalized spacial score (nSPS) is 50.1. The molecule has 1 spiro atoms. The second-order valence-corrected chi connectivity index (χ2v) is 11.4. The van der Waals surface area contributed by atoms with Crippen molar-refractivity contribution in [1.29, 1.82) is 0 Å². The molecule has 2 heterocycles. The van der Waals surface area contributed by atoms with Gasteiger partial charge in [0.1, 0.15) is 0 Å². The summed E-state index contributed by atoms with van der Waals surface area (Å²) >= 11 is 0. The molecule has 29 heavy (non-hydrogen) atoms. The molecule has 4 nitrogen and oxygen atoms in total. The second kappa shape index (κ2) is 6.31. The maximum absolute atomic E-state index is 6.17. The molecule has 6 aliphatic rings. The Balaban J connectivity index is 1.28. The largest absolute Gasteiger partial charge is 0.348 e. The molecule has 5 fully saturated rings. The summed E-state index contributed by atoms with van der Waals surface area (Å²) in [7, 11) is 0. The van der Waals surface area contributed by atoms with Gasteiger partial charge in [0.05, 0.1) is 26.4 Å². The van der Waals surface area contributed by atoms with Crippen molar-refractivity contribution >= 4 is 0 Å². The fourth-order valence-electron chi connectivity index (χ4n) is 8.94. The molecule has 4 aliphatic carbocycles. The van der Waals surface area contributed by atoms with Crippen molar-refractivity contribution in [2.45, 2.75) is 83.7 Å². The molecule has 0 aromatic heterocycles. The zero-order valence-corrected chi connectivity index (χ0v) is 18.5. The fourth-order valence-corrected chi connectivity index (χ4v) is 8.94. The lowest BCUT2D eigenvalue weighted by Crippen LogP contribution is -2.54. The van der Waals surface area contributed by atoms with Crippen LogP contribution in [-0.2, 0) is 18.9 Å². The lowest BCUT2D eigenvalue weighted by molar-refractivity contribution is -0.216. The van der Waals surface area contributed by atoms with Gasteiger partial charge in [0.2, 0.25) is 0 Å². The predicted octanol–water partition coefficient (Wildman–Crippen LogP) is 5.07. The Kier molecular flexibility index (Phi) is 4.19. The van der Waals surface area contributed by atoms with E-state index in [4.69, 9.17) is 18.9 Å². The van der Waals surface area contributed by atoms with Gasteiger partial charge in [-0.1, -0.05) is 25.5 Å². The molecule has 162 valence electrons. The summed E-state index contributed by atoms with van der Waals surface area (Å²) in [6.07, 6.45) is 12.4. The number of ether oxygens (including phenoxy) is 4. The molecule has 1 unspecified atom stereocenters. The third-order valence-corrected chi connectivity index (χ3v) is 10.4. The molecule has 2 aliphatic heterocycles. The van der Waals surface area contributed by atoms with E-state index < -0.39 is 0 Å². The summed E-state index contributed by atoms with van der Waals surface area (Å²) < 4.78 is 24.5. The monoisotopic (exact) mass is 402 g/mol. The Hall–Kier alpha value is -0.420. The maximum atomic E-state index is 6.17. The first kappa shape index (κ1) is 19.3. The van der Waals surface area contributed by atoms with Crippen LogP contribution in [0.4, 0.5) is 0 Å². The Labute approximate surface area is 175 Å². The molecule has 4 heteroatoms. The quantitative estimate of drug-likeness (QED) is 0.574. The van der Waals surface area contributed by atoms with Gasteiger partial charge in [0.25, 0.3) is 0 Å². The van der Waals surface area contributed by atoms with Crippen LogP contribution in [0.25, 0.3) is 0 Å². The van der Waals surface area contributed by atoms with Gasteiger partial charge in [-0.3, -0.25) is 0 Å². The highest BCUT2D eigenvalue weighted by molar-refractivity contribution is 5.27. The fraction of sp³-hybridized carbons (Fsp3) is 0.920. The van der Waals surface area contributed by atoms with Crippen LogP contribution in [0, 0.1) is 34.5 Å². The Morgan fingerprint density at radius 2 is 1.52 bits per heavy atom. The van der Waals surface area contributed by atoms with Gasteiger partial charge in [-0.25, -0.2) is 0 Å². The van der Waals surface area contributed by atoms with Crippen LogP contribution in [0.3, 0.4) is 0 Å². The molecule has 0 N–H and O–H groups in total. The van der Waals surface area contributed by atoms with E-state index >= 15 is 0 Å². The average molecular weight is 403 g/mol. The lowest BCUT2D eigenvalue weighted by Gasteiger charge is -2.59. The SMILES string of the molecule is CC1([C@H]2CC[C@H]3[C@@H]4CC=C5CC6(CC[C@@]5(C)[C@@H]4CCC23C)OCCO6)OCCO1. The molecule has 0 bridgehead atoms. The van der Waals surface area contributed by atoms with Crippen molar-refractivity contribution in [3.8, 4) is 0 Å². The van der Waals surface area contributed by atoms with Crippen LogP contribution in [0.1, 0.15) is 72.1 Å². The molecule has 6 atom stereocenters. The minimum Gasteiger partial charge on any atom is -0.348 e. The summed E-state index contributed by atoms with van der Waals surface area (Å²) in [5.74, 6) is 2.32. The van der Waals surface area contributed by atoms with E-state index in [1.54, 1.807) is 5.57 Å². The van der Waals surface area contributed by atoms with E-state index in [9.17, 15) is 0 Å². The van der Waals surface area contributed by atoms with Crippen molar-refractivity contribution in [2.24, 2.45) is 34.5 Å². The van der Waals surface area contributed by atoms with Crippen LogP contribution in [-0.4, -0.2) is 38.0 Å². The van der Waals surface area contributed by atoms with E-state index in [0.29, 0.717) is 16.7 Å². The van der Waals surface area contributed by atoms with Crippen molar-refractivity contribution < 1.29 is 18.9 Å². The Bertz CT molecular complexity index is 704. The van der Waals surface area contributed by atoms with Crippen LogP contribution >= 0.6 is 0 Å². The minimum absolute atomic E-state index is 0.300. The topological polar surface area (TPSA) is 36.9 Å². The van der Waals surface area contributed by atoms with Gasteiger partial charge < -0.3 is 18.9 Å². The highest BCUT2D eigenvalue weighted by atomic mass is 16.7. The first-order valence-electron chi connectivity index (χ1n) is 12.1. The summed E-state index contributed by atoms with van der Waals surface area (Å²) in [4.78, 5) is 0. The molecule has 0 radical (unpaired) electrons. The van der Waals surface area contributed by atoms with Crippen LogP contribution < -0.4 is 0 Å². The molecular formula is C25H38O4. The lowest BCUT2D eigenvalue weighted by atomic mass is 9.47. The number of allylic oxidation sites excluding steroid dienone is 1. The number of fused-ring (bicyclic) bond motifs is 5. The van der Waals surface area contributed by atoms with E-state index in [2.05, 4.69) is 26.8 Å². The van der Waals surface area contributed by atoms with Crippen molar-refractivity contribution in [1.82, 2.24) is 0 Å². The predicted molar refractivity (Wildman–Crippen MR) is 110 cm³/mol. The van der Waals surface area contributed by atoms with Gasteiger partial charge in [0, 0.05) is 18.8 Å². The van der Waals surface area contributed by atoms with E-state index in [1.807, 2.05) is 0 Å². The molecule has 0 amide bonds.